The number of rotatable bonds is 6. The minimum atomic E-state index is -0.603. The third-order valence-electron chi connectivity index (χ3n) is 12.7. The molecule has 0 aliphatic heterocycles. The number of benzene rings is 8. The molecule has 5 heteroatoms. The Hall–Kier alpha value is -8.59. The summed E-state index contributed by atoms with van der Waals surface area (Å²) in [5.41, 5.74) is 18.6. The maximum Gasteiger partial charge on any atom is 0.164 e. The molecule has 0 N–H and O–H groups in total. The number of nitrogens with zero attached hydrogens (tertiary/aromatic N) is 5. The standard InChI is InChI=1S/C58H35N5/c59-36-37-22-24-49-50-25-23-42(35-54(50)58(53(49)30-37)51-20-9-7-18-47(51)48-19-8-10-21-52(48)58)45-32-44(39-26-28-60-29-27-39)33-46(34-45)57-62-55(40-14-5-2-6-15-40)61-56(63-57)43-17-11-16-41(31-43)38-12-3-1-4-13-38/h1-35H. The van der Waals surface area contributed by atoms with Gasteiger partial charge in [0, 0.05) is 29.1 Å². The van der Waals surface area contributed by atoms with Crippen LogP contribution in [-0.4, -0.2) is 19.9 Å². The Balaban J connectivity index is 1.08. The molecule has 0 unspecified atom stereocenters. The molecule has 8 aromatic carbocycles. The predicted molar refractivity (Wildman–Crippen MR) is 251 cm³/mol. The summed E-state index contributed by atoms with van der Waals surface area (Å²) in [5.74, 6) is 1.78. The van der Waals surface area contributed by atoms with Crippen molar-refractivity contribution in [2.75, 3.05) is 0 Å². The first-order valence-electron chi connectivity index (χ1n) is 21.1. The van der Waals surface area contributed by atoms with Crippen molar-refractivity contribution in [1.82, 2.24) is 19.9 Å². The highest BCUT2D eigenvalue weighted by Crippen LogP contribution is 2.63. The van der Waals surface area contributed by atoms with E-state index in [-0.39, 0.29) is 0 Å². The van der Waals surface area contributed by atoms with Crippen molar-refractivity contribution >= 4 is 0 Å². The van der Waals surface area contributed by atoms with E-state index in [1.165, 1.54) is 33.4 Å². The Morgan fingerprint density at radius 2 is 0.778 bits per heavy atom. The van der Waals surface area contributed by atoms with E-state index in [9.17, 15) is 5.26 Å². The molecule has 0 fully saturated rings. The number of pyridine rings is 1. The molecule has 0 atom stereocenters. The van der Waals surface area contributed by atoms with Gasteiger partial charge in [0.15, 0.2) is 17.5 Å². The van der Waals surface area contributed by atoms with Crippen LogP contribution in [0.25, 0.3) is 89.8 Å². The molecule has 5 nitrogen and oxygen atoms in total. The van der Waals surface area contributed by atoms with Gasteiger partial charge in [-0.25, -0.2) is 15.0 Å². The SMILES string of the molecule is N#Cc1ccc2c(c1)C1(c3ccccc3-c3ccccc31)c1cc(-c3cc(-c4ccncc4)cc(-c4nc(-c5ccccc5)nc(-c5cccc(-c6ccccc6)c5)n4)c3)ccc1-2. The summed E-state index contributed by atoms with van der Waals surface area (Å²) >= 11 is 0. The van der Waals surface area contributed by atoms with Crippen LogP contribution in [0.5, 0.6) is 0 Å². The first-order chi connectivity index (χ1) is 31.2. The first-order valence-corrected chi connectivity index (χ1v) is 21.1. The molecule has 0 amide bonds. The second-order valence-corrected chi connectivity index (χ2v) is 16.1. The Labute approximate surface area is 365 Å². The van der Waals surface area contributed by atoms with Gasteiger partial charge in [0.25, 0.3) is 0 Å². The molecule has 1 spiro atoms. The van der Waals surface area contributed by atoms with E-state index in [0.29, 0.717) is 23.0 Å². The molecule has 0 radical (unpaired) electrons. The van der Waals surface area contributed by atoms with Gasteiger partial charge in [0.05, 0.1) is 17.0 Å². The number of hydrogen-bond donors (Lipinski definition) is 0. The first kappa shape index (κ1) is 36.3. The summed E-state index contributed by atoms with van der Waals surface area (Å²) < 4.78 is 0. The van der Waals surface area contributed by atoms with Crippen molar-refractivity contribution in [2.24, 2.45) is 0 Å². The summed E-state index contributed by atoms with van der Waals surface area (Å²) in [5, 5.41) is 10.2. The smallest absolute Gasteiger partial charge is 0.164 e. The van der Waals surface area contributed by atoms with E-state index in [4.69, 9.17) is 15.0 Å². The van der Waals surface area contributed by atoms with E-state index in [0.717, 1.165) is 61.2 Å². The summed E-state index contributed by atoms with van der Waals surface area (Å²) in [7, 11) is 0. The monoisotopic (exact) mass is 801 g/mol. The van der Waals surface area contributed by atoms with E-state index in [1.54, 1.807) is 0 Å². The Bertz CT molecular complexity index is 3420. The van der Waals surface area contributed by atoms with Gasteiger partial charge in [0.1, 0.15) is 0 Å². The van der Waals surface area contributed by atoms with Crippen LogP contribution in [-0.2, 0) is 5.41 Å². The van der Waals surface area contributed by atoms with Crippen molar-refractivity contribution in [3.63, 3.8) is 0 Å². The molecule has 292 valence electrons. The summed E-state index contributed by atoms with van der Waals surface area (Å²) in [6.07, 6.45) is 3.66. The third-order valence-corrected chi connectivity index (χ3v) is 12.7. The van der Waals surface area contributed by atoms with Crippen molar-refractivity contribution < 1.29 is 0 Å². The second-order valence-electron chi connectivity index (χ2n) is 16.1. The van der Waals surface area contributed by atoms with Gasteiger partial charge in [-0.2, -0.15) is 5.26 Å². The van der Waals surface area contributed by atoms with Gasteiger partial charge in [-0.05, 0) is 132 Å². The van der Waals surface area contributed by atoms with E-state index in [1.807, 2.05) is 67.0 Å². The second kappa shape index (κ2) is 14.6. The molecule has 2 aliphatic carbocycles. The predicted octanol–water partition coefficient (Wildman–Crippen LogP) is 13.5. The highest BCUT2D eigenvalue weighted by Gasteiger charge is 2.51. The number of fused-ring (bicyclic) bond motifs is 10. The van der Waals surface area contributed by atoms with Gasteiger partial charge < -0.3 is 0 Å². The van der Waals surface area contributed by atoms with Crippen molar-refractivity contribution in [2.45, 2.75) is 5.41 Å². The highest BCUT2D eigenvalue weighted by atomic mass is 15.0. The maximum absolute atomic E-state index is 10.2. The lowest BCUT2D eigenvalue weighted by atomic mass is 9.70. The van der Waals surface area contributed by atoms with Crippen LogP contribution in [0, 0.1) is 11.3 Å². The Kier molecular flexibility index (Phi) is 8.38. The molecule has 63 heavy (non-hydrogen) atoms. The maximum atomic E-state index is 10.2. The van der Waals surface area contributed by atoms with Gasteiger partial charge in [-0.15, -0.1) is 0 Å². The van der Waals surface area contributed by atoms with Gasteiger partial charge >= 0.3 is 0 Å². The minimum absolute atomic E-state index is 0.578. The fourth-order valence-corrected chi connectivity index (χ4v) is 9.84. The fraction of sp³-hybridized carbons (Fsp3) is 0.0172. The molecule has 12 rings (SSSR count). The quantitative estimate of drug-likeness (QED) is 0.167. The molecule has 0 bridgehead atoms. The van der Waals surface area contributed by atoms with Crippen molar-refractivity contribution in [1.29, 1.82) is 5.26 Å². The van der Waals surface area contributed by atoms with Crippen LogP contribution in [0.15, 0.2) is 213 Å². The summed E-state index contributed by atoms with van der Waals surface area (Å²) in [4.78, 5) is 19.9. The number of nitriles is 1. The Morgan fingerprint density at radius 3 is 1.46 bits per heavy atom. The minimum Gasteiger partial charge on any atom is -0.265 e. The lowest BCUT2D eigenvalue weighted by Crippen LogP contribution is -2.26. The normalized spacial score (nSPS) is 12.6. The van der Waals surface area contributed by atoms with Crippen LogP contribution in [0.1, 0.15) is 27.8 Å². The lowest BCUT2D eigenvalue weighted by Gasteiger charge is -2.30. The molecular weight excluding hydrogens is 767 g/mol. The van der Waals surface area contributed by atoms with Gasteiger partial charge in [-0.1, -0.05) is 146 Å². The number of aromatic nitrogens is 4. The van der Waals surface area contributed by atoms with Crippen LogP contribution >= 0.6 is 0 Å². The van der Waals surface area contributed by atoms with Crippen LogP contribution in [0.2, 0.25) is 0 Å². The highest BCUT2D eigenvalue weighted by molar-refractivity contribution is 5.96. The van der Waals surface area contributed by atoms with Crippen LogP contribution in [0.4, 0.5) is 0 Å². The van der Waals surface area contributed by atoms with E-state index in [2.05, 4.69) is 157 Å². The molecule has 2 aromatic heterocycles. The zero-order valence-corrected chi connectivity index (χ0v) is 33.9. The van der Waals surface area contributed by atoms with Gasteiger partial charge in [-0.3, -0.25) is 4.98 Å². The zero-order valence-electron chi connectivity index (χ0n) is 33.9. The van der Waals surface area contributed by atoms with Crippen molar-refractivity contribution in [3.8, 4) is 95.9 Å². The fourth-order valence-electron chi connectivity index (χ4n) is 9.84. The molecule has 0 saturated heterocycles. The average Bonchev–Trinajstić information content (AvgIpc) is 3.83. The van der Waals surface area contributed by atoms with Crippen LogP contribution in [0.3, 0.4) is 0 Å². The third kappa shape index (κ3) is 5.84. The number of hydrogen-bond acceptors (Lipinski definition) is 5. The molecule has 2 aliphatic rings. The van der Waals surface area contributed by atoms with Crippen molar-refractivity contribution in [3.05, 3.63) is 240 Å². The Morgan fingerprint density at radius 1 is 0.317 bits per heavy atom. The van der Waals surface area contributed by atoms with Crippen LogP contribution < -0.4 is 0 Å². The zero-order chi connectivity index (χ0) is 41.9. The average molecular weight is 802 g/mol. The van der Waals surface area contributed by atoms with E-state index >= 15 is 0 Å². The van der Waals surface area contributed by atoms with E-state index < -0.39 is 5.41 Å². The summed E-state index contributed by atoms with van der Waals surface area (Å²) in [6.45, 7) is 0. The molecule has 10 aromatic rings. The molecule has 0 saturated carbocycles. The topological polar surface area (TPSA) is 75.3 Å². The lowest BCUT2D eigenvalue weighted by molar-refractivity contribution is 0.793. The molecular formula is C58H35N5. The van der Waals surface area contributed by atoms with Gasteiger partial charge in [0.2, 0.25) is 0 Å². The summed E-state index contributed by atoms with van der Waals surface area (Å²) in [6, 6.07) is 72.6. The largest absolute Gasteiger partial charge is 0.265 e. The molecule has 2 heterocycles.